The second-order valence-electron chi connectivity index (χ2n) is 4.95. The molecular weight excluding hydrogens is 188 g/mol. The van der Waals surface area contributed by atoms with E-state index < -0.39 is 0 Å². The maximum atomic E-state index is 11.2. The van der Waals surface area contributed by atoms with Crippen LogP contribution in [-0.4, -0.2) is 12.1 Å². The van der Waals surface area contributed by atoms with E-state index in [2.05, 4.69) is 18.7 Å². The highest BCUT2D eigenvalue weighted by atomic mass is 16.5. The molecule has 0 aromatic carbocycles. The maximum absolute atomic E-state index is 11.2. The smallest absolute Gasteiger partial charge is 0.330 e. The van der Waals surface area contributed by atoms with E-state index in [9.17, 15) is 4.79 Å². The number of hydrogen-bond donors (Lipinski definition) is 0. The molecule has 2 heteroatoms. The van der Waals surface area contributed by atoms with Gasteiger partial charge in [0.15, 0.2) is 0 Å². The largest absolute Gasteiger partial charge is 0.459 e. The zero-order valence-electron chi connectivity index (χ0n) is 8.76. The van der Waals surface area contributed by atoms with Crippen LogP contribution in [0.4, 0.5) is 0 Å². The Labute approximate surface area is 90.0 Å². The summed E-state index contributed by atoms with van der Waals surface area (Å²) in [5.41, 5.74) is 0. The Hall–Kier alpha value is -1.05. The van der Waals surface area contributed by atoms with Gasteiger partial charge in [-0.2, -0.15) is 0 Å². The van der Waals surface area contributed by atoms with Crippen LogP contribution in [-0.2, 0) is 9.53 Å². The van der Waals surface area contributed by atoms with E-state index in [1.807, 2.05) is 0 Å². The lowest BCUT2D eigenvalue weighted by Gasteiger charge is -2.25. The van der Waals surface area contributed by atoms with Crippen molar-refractivity contribution in [2.24, 2.45) is 23.7 Å². The van der Waals surface area contributed by atoms with Crippen LogP contribution >= 0.6 is 0 Å². The highest BCUT2D eigenvalue weighted by Gasteiger charge is 2.52. The quantitative estimate of drug-likeness (QED) is 0.392. The van der Waals surface area contributed by atoms with Crippen LogP contribution in [0.5, 0.6) is 0 Å². The van der Waals surface area contributed by atoms with E-state index in [0.717, 1.165) is 18.3 Å². The zero-order chi connectivity index (χ0) is 10.4. The molecule has 2 bridgehead atoms. The third-order valence-electron chi connectivity index (χ3n) is 4.34. The summed E-state index contributed by atoms with van der Waals surface area (Å²) < 4.78 is 5.44. The van der Waals surface area contributed by atoms with E-state index in [1.54, 1.807) is 0 Å². The van der Waals surface area contributed by atoms with Crippen molar-refractivity contribution in [1.29, 1.82) is 0 Å². The van der Waals surface area contributed by atoms with Gasteiger partial charge in [-0.25, -0.2) is 4.79 Å². The van der Waals surface area contributed by atoms with E-state index >= 15 is 0 Å². The van der Waals surface area contributed by atoms with Gasteiger partial charge in [0.25, 0.3) is 0 Å². The second-order valence-corrected chi connectivity index (χ2v) is 4.95. The molecule has 0 radical (unpaired) electrons. The average Bonchev–Trinajstić information content (AvgIpc) is 2.89. The molecule has 2 fully saturated rings. The summed E-state index contributed by atoms with van der Waals surface area (Å²) in [5.74, 6) is 2.57. The molecule has 0 unspecified atom stereocenters. The van der Waals surface area contributed by atoms with E-state index in [1.165, 1.54) is 18.9 Å². The number of carbonyl (C=O) groups is 1. The van der Waals surface area contributed by atoms with Gasteiger partial charge in [-0.15, -0.1) is 0 Å². The summed E-state index contributed by atoms with van der Waals surface area (Å²) in [6.45, 7) is 3.45. The molecule has 3 rings (SSSR count). The number of fused-ring (bicyclic) bond motifs is 5. The Morgan fingerprint density at radius 1 is 1.33 bits per heavy atom. The van der Waals surface area contributed by atoms with Gasteiger partial charge in [0.05, 0.1) is 0 Å². The lowest BCUT2D eigenvalue weighted by molar-refractivity contribution is -0.145. The predicted molar refractivity (Wildman–Crippen MR) is 57.0 cm³/mol. The van der Waals surface area contributed by atoms with E-state index in [4.69, 9.17) is 4.74 Å². The molecule has 0 aromatic heterocycles. The molecule has 0 aromatic rings. The number of carbonyl (C=O) groups excluding carboxylic acids is 1. The molecule has 5 atom stereocenters. The first kappa shape index (κ1) is 9.20. The van der Waals surface area contributed by atoms with Crippen LogP contribution in [0.3, 0.4) is 0 Å². The van der Waals surface area contributed by atoms with Gasteiger partial charge >= 0.3 is 5.97 Å². The summed E-state index contributed by atoms with van der Waals surface area (Å²) in [5, 5.41) is 0. The monoisotopic (exact) mass is 204 g/mol. The van der Waals surface area contributed by atoms with Crippen molar-refractivity contribution in [2.45, 2.75) is 25.4 Å². The molecule has 2 saturated carbocycles. The first-order chi connectivity index (χ1) is 7.29. The maximum Gasteiger partial charge on any atom is 0.330 e. The minimum absolute atomic E-state index is 0.153. The van der Waals surface area contributed by atoms with Crippen molar-refractivity contribution < 1.29 is 9.53 Å². The molecule has 0 heterocycles. The van der Waals surface area contributed by atoms with Gasteiger partial charge in [-0.05, 0) is 37.0 Å². The van der Waals surface area contributed by atoms with Crippen LogP contribution in [0, 0.1) is 23.7 Å². The molecule has 3 aliphatic carbocycles. The average molecular weight is 204 g/mol. The van der Waals surface area contributed by atoms with E-state index in [0.29, 0.717) is 11.8 Å². The molecule has 0 spiro atoms. The molecular formula is C13H16O2. The Bertz CT molecular complexity index is 331. The van der Waals surface area contributed by atoms with Gasteiger partial charge in [-0.1, -0.05) is 18.7 Å². The Morgan fingerprint density at radius 2 is 2.13 bits per heavy atom. The van der Waals surface area contributed by atoms with Crippen molar-refractivity contribution in [3.8, 4) is 0 Å². The summed E-state index contributed by atoms with van der Waals surface area (Å²) in [7, 11) is 0. The minimum atomic E-state index is -0.257. The van der Waals surface area contributed by atoms with Crippen molar-refractivity contribution in [3.05, 3.63) is 24.8 Å². The number of ether oxygens (including phenoxy) is 1. The third kappa shape index (κ3) is 1.27. The fraction of sp³-hybridized carbons (Fsp3) is 0.615. The lowest BCUT2D eigenvalue weighted by atomic mass is 9.85. The third-order valence-corrected chi connectivity index (χ3v) is 4.34. The molecule has 0 amide bonds. The Balaban J connectivity index is 1.75. The second kappa shape index (κ2) is 3.22. The van der Waals surface area contributed by atoms with Crippen molar-refractivity contribution in [3.63, 3.8) is 0 Å². The van der Waals surface area contributed by atoms with E-state index in [-0.39, 0.29) is 12.1 Å². The van der Waals surface area contributed by atoms with Gasteiger partial charge in [0, 0.05) is 12.0 Å². The Morgan fingerprint density at radius 3 is 2.93 bits per heavy atom. The fourth-order valence-corrected chi connectivity index (χ4v) is 3.80. The molecule has 0 N–H and O–H groups in total. The summed E-state index contributed by atoms with van der Waals surface area (Å²) in [6, 6.07) is 0. The van der Waals surface area contributed by atoms with Crippen molar-refractivity contribution in [1.82, 2.24) is 0 Å². The number of allylic oxidation sites excluding steroid dienone is 2. The minimum Gasteiger partial charge on any atom is -0.459 e. The van der Waals surface area contributed by atoms with Crippen LogP contribution in [0.1, 0.15) is 19.3 Å². The van der Waals surface area contributed by atoms with Crippen LogP contribution in [0.2, 0.25) is 0 Å². The summed E-state index contributed by atoms with van der Waals surface area (Å²) >= 11 is 0. The lowest BCUT2D eigenvalue weighted by Crippen LogP contribution is -2.27. The fourth-order valence-electron chi connectivity index (χ4n) is 3.80. The highest BCUT2D eigenvalue weighted by molar-refractivity contribution is 5.81. The molecule has 2 nitrogen and oxygen atoms in total. The zero-order valence-corrected chi connectivity index (χ0v) is 8.76. The number of rotatable bonds is 2. The topological polar surface area (TPSA) is 26.3 Å². The van der Waals surface area contributed by atoms with Gasteiger partial charge in [0.1, 0.15) is 6.10 Å². The van der Waals surface area contributed by atoms with Gasteiger partial charge < -0.3 is 4.74 Å². The molecule has 15 heavy (non-hydrogen) atoms. The standard InChI is InChI=1S/C13H16O2/c1-2-12(14)15-11-6-5-10-8-3-4-9(7-8)13(10)11/h2-4,8-11,13H,1,5-7H2/t8-,9+,10-,11+,13+/m0/s1. The highest BCUT2D eigenvalue weighted by Crippen LogP contribution is 2.56. The number of hydrogen-bond acceptors (Lipinski definition) is 2. The molecule has 80 valence electrons. The normalized spacial score (nSPS) is 45.5. The molecule has 3 aliphatic rings. The van der Waals surface area contributed by atoms with Crippen LogP contribution in [0.15, 0.2) is 24.8 Å². The van der Waals surface area contributed by atoms with Crippen LogP contribution < -0.4 is 0 Å². The summed E-state index contributed by atoms with van der Waals surface area (Å²) in [6.07, 6.45) is 9.68. The van der Waals surface area contributed by atoms with Crippen LogP contribution in [0.25, 0.3) is 0 Å². The Kier molecular flexibility index (Phi) is 1.98. The molecule has 0 aliphatic heterocycles. The van der Waals surface area contributed by atoms with Gasteiger partial charge in [0.2, 0.25) is 0 Å². The number of esters is 1. The van der Waals surface area contributed by atoms with Crippen molar-refractivity contribution >= 4 is 5.97 Å². The summed E-state index contributed by atoms with van der Waals surface area (Å²) in [4.78, 5) is 11.2. The molecule has 0 saturated heterocycles. The van der Waals surface area contributed by atoms with Crippen molar-refractivity contribution in [2.75, 3.05) is 0 Å². The SMILES string of the molecule is C=CC(=O)O[C@@H]1CC[C@@H]2[C@H]1[C@@H]1C=C[C@H]2C1. The van der Waals surface area contributed by atoms with Gasteiger partial charge in [-0.3, -0.25) is 0 Å². The predicted octanol–water partition coefficient (Wildman–Crippen LogP) is 2.32. The first-order valence-electron chi connectivity index (χ1n) is 5.81. The first-order valence-corrected chi connectivity index (χ1v) is 5.81.